The third-order valence-electron chi connectivity index (χ3n) is 4.13. The van der Waals surface area contributed by atoms with E-state index >= 15 is 0 Å². The van der Waals surface area contributed by atoms with Crippen LogP contribution < -0.4 is 4.90 Å². The molecule has 1 aliphatic rings. The van der Waals surface area contributed by atoms with Crippen molar-refractivity contribution in [2.75, 3.05) is 31.6 Å². The predicted molar refractivity (Wildman–Crippen MR) is 91.2 cm³/mol. The minimum Gasteiger partial charge on any atom is -0.480 e. The molecule has 1 fully saturated rings. The van der Waals surface area contributed by atoms with Crippen molar-refractivity contribution in [2.45, 2.75) is 30.6 Å². The quantitative estimate of drug-likeness (QED) is 0.596. The number of rotatable bonds is 6. The number of nitro benzene ring substituents is 1. The van der Waals surface area contributed by atoms with Gasteiger partial charge in [0.25, 0.3) is 5.69 Å². The van der Waals surface area contributed by atoms with Crippen molar-refractivity contribution >= 4 is 27.4 Å². The Kier molecular flexibility index (Phi) is 5.96. The number of aliphatic carboxylic acids is 1. The largest absolute Gasteiger partial charge is 0.480 e. The van der Waals surface area contributed by atoms with Gasteiger partial charge in [0.1, 0.15) is 12.2 Å². The number of sulfonamides is 1. The molecule has 0 saturated carbocycles. The lowest BCUT2D eigenvalue weighted by Crippen LogP contribution is -2.32. The van der Waals surface area contributed by atoms with Crippen LogP contribution in [0.1, 0.15) is 25.7 Å². The van der Waals surface area contributed by atoms with Gasteiger partial charge in [0, 0.05) is 26.2 Å². The van der Waals surface area contributed by atoms with Crippen molar-refractivity contribution in [1.29, 1.82) is 0 Å². The van der Waals surface area contributed by atoms with Crippen LogP contribution in [-0.2, 0) is 14.8 Å². The lowest BCUT2D eigenvalue weighted by Gasteiger charge is -2.21. The standard InChI is InChI=1S/C15H21N3O6S/c1-16(11-15(19)20)13-7-6-12(10-14(13)18(21)22)25(23,24)17-8-4-2-3-5-9-17/h6-7,10H,2-5,8-9,11H2,1H3,(H,19,20). The van der Waals surface area contributed by atoms with Crippen molar-refractivity contribution < 1.29 is 23.2 Å². The average Bonchev–Trinajstić information content (AvgIpc) is 2.83. The Morgan fingerprint density at radius 1 is 1.28 bits per heavy atom. The zero-order valence-electron chi connectivity index (χ0n) is 13.9. The van der Waals surface area contributed by atoms with Crippen LogP contribution in [0.15, 0.2) is 23.1 Å². The molecule has 10 heteroatoms. The summed E-state index contributed by atoms with van der Waals surface area (Å²) < 4.78 is 26.9. The van der Waals surface area contributed by atoms with Gasteiger partial charge in [0.15, 0.2) is 0 Å². The zero-order valence-corrected chi connectivity index (χ0v) is 14.7. The molecule has 9 nitrogen and oxygen atoms in total. The molecule has 1 aromatic rings. The van der Waals surface area contributed by atoms with E-state index in [2.05, 4.69) is 0 Å². The van der Waals surface area contributed by atoms with E-state index in [4.69, 9.17) is 5.11 Å². The normalized spacial score (nSPS) is 16.2. The maximum absolute atomic E-state index is 12.8. The molecule has 0 aliphatic carbocycles. The van der Waals surface area contributed by atoms with E-state index in [1.54, 1.807) is 0 Å². The molecule has 2 rings (SSSR count). The Bertz CT molecular complexity index is 757. The van der Waals surface area contributed by atoms with E-state index in [-0.39, 0.29) is 10.6 Å². The number of nitro groups is 1. The fraction of sp³-hybridized carbons (Fsp3) is 0.533. The van der Waals surface area contributed by atoms with Crippen LogP contribution in [0.25, 0.3) is 0 Å². The average molecular weight is 371 g/mol. The molecule has 138 valence electrons. The number of hydrogen-bond acceptors (Lipinski definition) is 6. The van der Waals surface area contributed by atoms with Crippen LogP contribution in [0.4, 0.5) is 11.4 Å². The highest BCUT2D eigenvalue weighted by Crippen LogP contribution is 2.31. The van der Waals surface area contributed by atoms with Crippen LogP contribution >= 0.6 is 0 Å². The van der Waals surface area contributed by atoms with Gasteiger partial charge < -0.3 is 10.0 Å². The van der Waals surface area contributed by atoms with Crippen LogP contribution in [0.5, 0.6) is 0 Å². The molecule has 0 spiro atoms. The lowest BCUT2D eigenvalue weighted by atomic mass is 10.2. The highest BCUT2D eigenvalue weighted by atomic mass is 32.2. The number of anilines is 1. The number of carbonyl (C=O) groups is 1. The van der Waals surface area contributed by atoms with Crippen molar-refractivity contribution in [3.8, 4) is 0 Å². The zero-order chi connectivity index (χ0) is 18.6. The molecule has 1 heterocycles. The molecule has 1 aromatic carbocycles. The van der Waals surface area contributed by atoms with Gasteiger partial charge in [-0.1, -0.05) is 12.8 Å². The highest BCUT2D eigenvalue weighted by molar-refractivity contribution is 7.89. The molecule has 1 aliphatic heterocycles. The summed E-state index contributed by atoms with van der Waals surface area (Å²) in [4.78, 5) is 22.5. The van der Waals surface area contributed by atoms with Gasteiger partial charge >= 0.3 is 5.97 Å². The Morgan fingerprint density at radius 2 is 1.88 bits per heavy atom. The maximum atomic E-state index is 12.8. The van der Waals surface area contributed by atoms with E-state index in [1.165, 1.54) is 28.4 Å². The van der Waals surface area contributed by atoms with Crippen molar-refractivity contribution in [3.63, 3.8) is 0 Å². The van der Waals surface area contributed by atoms with E-state index in [0.717, 1.165) is 31.7 Å². The molecule has 0 unspecified atom stereocenters. The molecular formula is C15H21N3O6S. The van der Waals surface area contributed by atoms with Crippen molar-refractivity contribution in [2.24, 2.45) is 0 Å². The summed E-state index contributed by atoms with van der Waals surface area (Å²) in [5.41, 5.74) is -0.373. The Labute approximate surface area is 146 Å². The highest BCUT2D eigenvalue weighted by Gasteiger charge is 2.29. The monoisotopic (exact) mass is 371 g/mol. The van der Waals surface area contributed by atoms with Gasteiger partial charge in [-0.15, -0.1) is 0 Å². The number of carboxylic acid groups (broad SMARTS) is 1. The number of carboxylic acids is 1. The molecule has 0 atom stereocenters. The molecule has 25 heavy (non-hydrogen) atoms. The summed E-state index contributed by atoms with van der Waals surface area (Å²) in [6.07, 6.45) is 3.46. The minimum atomic E-state index is -3.81. The molecule has 1 saturated heterocycles. The summed E-state index contributed by atoms with van der Waals surface area (Å²) in [5.74, 6) is -1.14. The summed E-state index contributed by atoms with van der Waals surface area (Å²) >= 11 is 0. The first-order valence-electron chi connectivity index (χ1n) is 7.95. The topological polar surface area (TPSA) is 121 Å². The summed E-state index contributed by atoms with van der Waals surface area (Å²) in [5, 5.41) is 20.2. The van der Waals surface area contributed by atoms with E-state index in [1.807, 2.05) is 0 Å². The molecule has 0 radical (unpaired) electrons. The van der Waals surface area contributed by atoms with E-state index in [0.29, 0.717) is 13.1 Å². The van der Waals surface area contributed by atoms with Gasteiger partial charge in [0.2, 0.25) is 10.0 Å². The van der Waals surface area contributed by atoms with Crippen LogP contribution in [0.3, 0.4) is 0 Å². The smallest absolute Gasteiger partial charge is 0.323 e. The first-order valence-corrected chi connectivity index (χ1v) is 9.39. The SMILES string of the molecule is CN(CC(=O)O)c1ccc(S(=O)(=O)N2CCCCCC2)cc1[N+](=O)[O-]. The van der Waals surface area contributed by atoms with Crippen LogP contribution in [0, 0.1) is 10.1 Å². The molecule has 0 amide bonds. The number of likely N-dealkylation sites (N-methyl/N-ethyl adjacent to an activating group) is 1. The Balaban J connectivity index is 2.40. The van der Waals surface area contributed by atoms with Gasteiger partial charge in [-0.25, -0.2) is 8.42 Å². The number of hydrogen-bond donors (Lipinski definition) is 1. The molecule has 1 N–H and O–H groups in total. The van der Waals surface area contributed by atoms with Crippen molar-refractivity contribution in [1.82, 2.24) is 4.31 Å². The summed E-state index contributed by atoms with van der Waals surface area (Å²) in [7, 11) is -2.41. The van der Waals surface area contributed by atoms with Gasteiger partial charge in [-0.3, -0.25) is 14.9 Å². The second-order valence-electron chi connectivity index (χ2n) is 5.98. The second kappa shape index (κ2) is 7.79. The van der Waals surface area contributed by atoms with E-state index in [9.17, 15) is 23.3 Å². The molecule has 0 aromatic heterocycles. The Morgan fingerprint density at radius 3 is 2.40 bits per heavy atom. The number of nitrogens with zero attached hydrogens (tertiary/aromatic N) is 3. The molecule has 0 bridgehead atoms. The Hall–Kier alpha value is -2.20. The number of benzene rings is 1. The van der Waals surface area contributed by atoms with Crippen molar-refractivity contribution in [3.05, 3.63) is 28.3 Å². The lowest BCUT2D eigenvalue weighted by molar-refractivity contribution is -0.384. The third kappa shape index (κ3) is 4.45. The first kappa shape index (κ1) is 19.1. The summed E-state index contributed by atoms with van der Waals surface area (Å²) in [6, 6.07) is 3.58. The summed E-state index contributed by atoms with van der Waals surface area (Å²) in [6.45, 7) is 0.368. The van der Waals surface area contributed by atoms with Gasteiger partial charge in [-0.05, 0) is 25.0 Å². The second-order valence-corrected chi connectivity index (χ2v) is 7.91. The van der Waals surface area contributed by atoms with Crippen LogP contribution in [0.2, 0.25) is 0 Å². The maximum Gasteiger partial charge on any atom is 0.323 e. The fourth-order valence-electron chi connectivity index (χ4n) is 2.85. The van der Waals surface area contributed by atoms with Gasteiger partial charge in [-0.2, -0.15) is 4.31 Å². The van der Waals surface area contributed by atoms with E-state index < -0.39 is 33.1 Å². The molecular weight excluding hydrogens is 350 g/mol. The minimum absolute atomic E-state index is 0.0576. The van der Waals surface area contributed by atoms with Gasteiger partial charge in [0.05, 0.1) is 9.82 Å². The van der Waals surface area contributed by atoms with Crippen LogP contribution in [-0.4, -0.2) is 55.4 Å². The third-order valence-corrected chi connectivity index (χ3v) is 6.02. The fourth-order valence-corrected chi connectivity index (χ4v) is 4.39. The predicted octanol–water partition coefficient (Wildman–Crippen LogP) is 1.68. The first-order chi connectivity index (χ1) is 11.7.